The van der Waals surface area contributed by atoms with Gasteiger partial charge in [0.15, 0.2) is 0 Å². The zero-order valence-electron chi connectivity index (χ0n) is 14.1. The molecule has 1 fully saturated rings. The van der Waals surface area contributed by atoms with Crippen LogP contribution in [0.15, 0.2) is 30.3 Å². The smallest absolute Gasteiger partial charge is 0.240 e. The highest BCUT2D eigenvalue weighted by atomic mass is 35.5. The van der Waals surface area contributed by atoms with Crippen LogP contribution in [0.5, 0.6) is 0 Å². The molecule has 140 valence electrons. The molecule has 0 aliphatic heterocycles. The van der Waals surface area contributed by atoms with Crippen LogP contribution in [0.4, 0.5) is 0 Å². The van der Waals surface area contributed by atoms with Gasteiger partial charge in [-0.2, -0.15) is 0 Å². The molecule has 0 atom stereocenters. The Labute approximate surface area is 176 Å². The summed E-state index contributed by atoms with van der Waals surface area (Å²) in [6.07, 6.45) is 2.44. The lowest BCUT2D eigenvalue weighted by atomic mass is 10.1. The van der Waals surface area contributed by atoms with Crippen LogP contribution < -0.4 is 5.32 Å². The Kier molecular flexibility index (Phi) is 5.26. The highest BCUT2D eigenvalue weighted by Crippen LogP contribution is 2.31. The van der Waals surface area contributed by atoms with E-state index in [9.17, 15) is 4.79 Å². The Morgan fingerprint density at radius 1 is 1.07 bits per heavy atom. The number of nitrogens with one attached hydrogen (secondary N) is 1. The largest absolute Gasteiger partial charge is 0.352 e. The van der Waals surface area contributed by atoms with Crippen LogP contribution in [-0.4, -0.2) is 21.5 Å². The van der Waals surface area contributed by atoms with E-state index in [0.717, 1.165) is 23.9 Å². The molecule has 0 spiro atoms. The lowest BCUT2D eigenvalue weighted by molar-refractivity contribution is -0.121. The number of carbonyl (C=O) groups is 1. The second kappa shape index (κ2) is 7.51. The fraction of sp³-hybridized carbons (Fsp3) is 0.263. The number of amides is 1. The third-order valence-corrected chi connectivity index (χ3v) is 5.94. The first kappa shape index (κ1) is 18.9. The van der Waals surface area contributed by atoms with E-state index < -0.39 is 0 Å². The molecule has 4 nitrogen and oxygen atoms in total. The summed E-state index contributed by atoms with van der Waals surface area (Å²) >= 11 is 25.0. The topological polar surface area (TPSA) is 46.9 Å². The van der Waals surface area contributed by atoms with Gasteiger partial charge < -0.3 is 9.88 Å². The molecule has 1 aliphatic carbocycles. The molecule has 3 aromatic rings. The Balaban J connectivity index is 1.77. The molecule has 1 amide bonds. The molecule has 1 aromatic heterocycles. The van der Waals surface area contributed by atoms with E-state index in [2.05, 4.69) is 10.3 Å². The van der Waals surface area contributed by atoms with Crippen molar-refractivity contribution in [2.45, 2.75) is 31.8 Å². The molecule has 1 heterocycles. The molecule has 0 radical (unpaired) electrons. The summed E-state index contributed by atoms with van der Waals surface area (Å²) in [4.78, 5) is 17.1. The lowest BCUT2D eigenvalue weighted by Crippen LogP contribution is -2.29. The maximum atomic E-state index is 12.4. The number of hydrogen-bond donors (Lipinski definition) is 1. The minimum Gasteiger partial charge on any atom is -0.352 e. The van der Waals surface area contributed by atoms with Crippen molar-refractivity contribution in [1.29, 1.82) is 0 Å². The Bertz CT molecular complexity index is 1020. The fourth-order valence-corrected chi connectivity index (χ4v) is 3.83. The first-order valence-corrected chi connectivity index (χ1v) is 10.00. The van der Waals surface area contributed by atoms with E-state index in [-0.39, 0.29) is 18.5 Å². The number of nitrogens with zero attached hydrogens (tertiary/aromatic N) is 2. The second-order valence-electron chi connectivity index (χ2n) is 6.59. The second-order valence-corrected chi connectivity index (χ2v) is 8.22. The van der Waals surface area contributed by atoms with Crippen LogP contribution in [0.25, 0.3) is 11.0 Å². The average molecular weight is 443 g/mol. The third-order valence-electron chi connectivity index (χ3n) is 4.51. The quantitative estimate of drug-likeness (QED) is 0.565. The molecular formula is C19H15Cl4N3O. The van der Waals surface area contributed by atoms with E-state index in [1.165, 1.54) is 0 Å². The monoisotopic (exact) mass is 441 g/mol. The summed E-state index contributed by atoms with van der Waals surface area (Å²) in [7, 11) is 0. The van der Waals surface area contributed by atoms with Crippen LogP contribution in [0.1, 0.15) is 24.2 Å². The standard InChI is InChI=1S/C19H15Cl4N3O/c20-12-2-1-3-13(21)11(12)6-18-25-16-7-14(22)15(23)8-17(16)26(18)9-19(27)24-10-4-5-10/h1-3,7-8,10H,4-6,9H2,(H,24,27). The molecule has 27 heavy (non-hydrogen) atoms. The van der Waals surface area contributed by atoms with Gasteiger partial charge in [0.2, 0.25) is 5.91 Å². The van der Waals surface area contributed by atoms with Gasteiger partial charge >= 0.3 is 0 Å². The van der Waals surface area contributed by atoms with Gasteiger partial charge in [0.1, 0.15) is 12.4 Å². The maximum absolute atomic E-state index is 12.4. The predicted molar refractivity (Wildman–Crippen MR) is 110 cm³/mol. The molecular weight excluding hydrogens is 428 g/mol. The molecule has 4 rings (SSSR count). The van der Waals surface area contributed by atoms with Crippen molar-refractivity contribution in [2.75, 3.05) is 0 Å². The summed E-state index contributed by atoms with van der Waals surface area (Å²) in [6.45, 7) is 0.141. The van der Waals surface area contributed by atoms with Gasteiger partial charge in [0.05, 0.1) is 21.1 Å². The van der Waals surface area contributed by atoms with Gasteiger partial charge in [-0.25, -0.2) is 4.98 Å². The first-order chi connectivity index (χ1) is 12.9. The van der Waals surface area contributed by atoms with Crippen LogP contribution in [0.2, 0.25) is 20.1 Å². The molecule has 2 aromatic carbocycles. The molecule has 8 heteroatoms. The summed E-state index contributed by atoms with van der Waals surface area (Å²) in [5.41, 5.74) is 2.17. The van der Waals surface area contributed by atoms with Gasteiger partial charge in [-0.1, -0.05) is 52.5 Å². The molecule has 1 N–H and O–H groups in total. The van der Waals surface area contributed by atoms with E-state index >= 15 is 0 Å². The molecule has 0 unspecified atom stereocenters. The number of benzene rings is 2. The van der Waals surface area contributed by atoms with Crippen molar-refractivity contribution < 1.29 is 4.79 Å². The van der Waals surface area contributed by atoms with Crippen molar-refractivity contribution in [3.05, 3.63) is 61.8 Å². The summed E-state index contributed by atoms with van der Waals surface area (Å²) in [5, 5.41) is 4.94. The molecule has 0 bridgehead atoms. The van der Waals surface area contributed by atoms with Crippen LogP contribution in [-0.2, 0) is 17.8 Å². The number of fused-ring (bicyclic) bond motifs is 1. The third kappa shape index (κ3) is 4.04. The molecule has 0 saturated heterocycles. The predicted octanol–water partition coefficient (Wildman–Crippen LogP) is 5.52. The average Bonchev–Trinajstić information content (AvgIpc) is 3.36. The Morgan fingerprint density at radius 3 is 2.41 bits per heavy atom. The Morgan fingerprint density at radius 2 is 1.74 bits per heavy atom. The van der Waals surface area contributed by atoms with E-state index in [4.69, 9.17) is 46.4 Å². The van der Waals surface area contributed by atoms with Gasteiger partial charge in [-0.15, -0.1) is 0 Å². The van der Waals surface area contributed by atoms with Crippen LogP contribution in [0.3, 0.4) is 0 Å². The lowest BCUT2D eigenvalue weighted by Gasteiger charge is -2.11. The first-order valence-electron chi connectivity index (χ1n) is 8.49. The zero-order chi connectivity index (χ0) is 19.1. The van der Waals surface area contributed by atoms with Crippen molar-refractivity contribution in [2.24, 2.45) is 0 Å². The van der Waals surface area contributed by atoms with Gasteiger partial charge in [0, 0.05) is 22.5 Å². The number of hydrogen-bond acceptors (Lipinski definition) is 2. The number of aromatic nitrogens is 2. The van der Waals surface area contributed by atoms with Crippen molar-refractivity contribution in [3.8, 4) is 0 Å². The number of imidazole rings is 1. The number of halogens is 4. The highest BCUT2D eigenvalue weighted by molar-refractivity contribution is 6.42. The minimum atomic E-state index is -0.0608. The van der Waals surface area contributed by atoms with Gasteiger partial charge in [-0.05, 0) is 42.7 Å². The highest BCUT2D eigenvalue weighted by Gasteiger charge is 2.24. The normalized spacial score (nSPS) is 13.9. The summed E-state index contributed by atoms with van der Waals surface area (Å²) in [6, 6.07) is 9.07. The zero-order valence-corrected chi connectivity index (χ0v) is 17.1. The minimum absolute atomic E-state index is 0.0608. The van der Waals surface area contributed by atoms with Crippen molar-refractivity contribution in [3.63, 3.8) is 0 Å². The molecule has 1 saturated carbocycles. The van der Waals surface area contributed by atoms with Crippen LogP contribution >= 0.6 is 46.4 Å². The van der Waals surface area contributed by atoms with Gasteiger partial charge in [-0.3, -0.25) is 4.79 Å². The molecule has 1 aliphatic rings. The maximum Gasteiger partial charge on any atom is 0.240 e. The van der Waals surface area contributed by atoms with Crippen molar-refractivity contribution >= 4 is 63.3 Å². The summed E-state index contributed by atoms with van der Waals surface area (Å²) in [5.74, 6) is 0.610. The Hall–Kier alpha value is -1.46. The van der Waals surface area contributed by atoms with E-state index in [1.807, 2.05) is 4.57 Å². The fourth-order valence-electron chi connectivity index (χ4n) is 2.99. The van der Waals surface area contributed by atoms with Crippen LogP contribution in [0, 0.1) is 0 Å². The van der Waals surface area contributed by atoms with E-state index in [1.54, 1.807) is 30.3 Å². The summed E-state index contributed by atoms with van der Waals surface area (Å²) < 4.78 is 1.84. The van der Waals surface area contributed by atoms with Gasteiger partial charge in [0.25, 0.3) is 0 Å². The number of rotatable bonds is 5. The van der Waals surface area contributed by atoms with Crippen molar-refractivity contribution in [1.82, 2.24) is 14.9 Å². The van der Waals surface area contributed by atoms with E-state index in [0.29, 0.717) is 37.9 Å². The number of carbonyl (C=O) groups excluding carboxylic acids is 1. The SMILES string of the molecule is O=C(Cn1c(Cc2c(Cl)cccc2Cl)nc2cc(Cl)c(Cl)cc21)NC1CC1.